The van der Waals surface area contributed by atoms with Crippen molar-refractivity contribution in [3.63, 3.8) is 0 Å². The minimum atomic E-state index is -3.60. The molecular weight excluding hydrogens is 290 g/mol. The highest BCUT2D eigenvalue weighted by Gasteiger charge is 2.20. The number of nitrogens with one attached hydrogen (secondary N) is 1. The SMILES string of the molecule is Cc1cc(S(=O)(=O)NCCC(O)c2ccccc2)c(C)o1. The van der Waals surface area contributed by atoms with Crippen molar-refractivity contribution in [1.29, 1.82) is 0 Å². The molecule has 0 aliphatic heterocycles. The second kappa shape index (κ2) is 6.43. The van der Waals surface area contributed by atoms with Gasteiger partial charge in [0, 0.05) is 6.54 Å². The average Bonchev–Trinajstić information content (AvgIpc) is 2.79. The molecule has 1 unspecified atom stereocenters. The van der Waals surface area contributed by atoms with E-state index < -0.39 is 16.1 Å². The van der Waals surface area contributed by atoms with E-state index in [4.69, 9.17) is 4.42 Å². The normalized spacial score (nSPS) is 13.3. The van der Waals surface area contributed by atoms with Gasteiger partial charge in [0.15, 0.2) is 0 Å². The largest absolute Gasteiger partial charge is 0.465 e. The molecule has 2 N–H and O–H groups in total. The molecule has 6 heteroatoms. The van der Waals surface area contributed by atoms with Crippen LogP contribution < -0.4 is 4.72 Å². The van der Waals surface area contributed by atoms with Gasteiger partial charge in [-0.1, -0.05) is 30.3 Å². The van der Waals surface area contributed by atoms with Crippen molar-refractivity contribution >= 4 is 10.0 Å². The maximum atomic E-state index is 12.1. The number of furan rings is 1. The van der Waals surface area contributed by atoms with Gasteiger partial charge in [-0.15, -0.1) is 0 Å². The zero-order chi connectivity index (χ0) is 15.5. The van der Waals surface area contributed by atoms with Gasteiger partial charge in [0.25, 0.3) is 0 Å². The van der Waals surface area contributed by atoms with Gasteiger partial charge in [-0.3, -0.25) is 0 Å². The standard InChI is InChI=1S/C15H19NO4S/c1-11-10-15(12(2)20-11)21(18,19)16-9-8-14(17)13-6-4-3-5-7-13/h3-7,10,14,16-17H,8-9H2,1-2H3. The summed E-state index contributed by atoms with van der Waals surface area (Å²) in [4.78, 5) is 0.147. The molecule has 2 rings (SSSR count). The molecule has 0 aliphatic carbocycles. The van der Waals surface area contributed by atoms with Gasteiger partial charge in [-0.05, 0) is 31.9 Å². The van der Waals surface area contributed by atoms with Crippen molar-refractivity contribution in [3.05, 3.63) is 53.5 Å². The summed E-state index contributed by atoms with van der Waals surface area (Å²) in [5.41, 5.74) is 0.770. The van der Waals surface area contributed by atoms with E-state index in [1.54, 1.807) is 13.8 Å². The molecule has 1 aromatic carbocycles. The van der Waals surface area contributed by atoms with E-state index in [1.165, 1.54) is 6.07 Å². The lowest BCUT2D eigenvalue weighted by Crippen LogP contribution is -2.26. The molecule has 21 heavy (non-hydrogen) atoms. The molecule has 1 aromatic heterocycles. The summed E-state index contributed by atoms with van der Waals surface area (Å²) in [5.74, 6) is 0.917. The van der Waals surface area contributed by atoms with Crippen LogP contribution in [0.2, 0.25) is 0 Å². The summed E-state index contributed by atoms with van der Waals surface area (Å²) in [7, 11) is -3.60. The minimum Gasteiger partial charge on any atom is -0.465 e. The Labute approximate surface area is 124 Å². The first-order valence-corrected chi connectivity index (χ1v) is 8.18. The fourth-order valence-corrected chi connectivity index (χ4v) is 3.41. The molecular formula is C15H19NO4S. The molecule has 0 saturated heterocycles. The Kier molecular flexibility index (Phi) is 4.82. The summed E-state index contributed by atoms with van der Waals surface area (Å²) in [5, 5.41) is 9.99. The van der Waals surface area contributed by atoms with Crippen LogP contribution in [0, 0.1) is 13.8 Å². The molecule has 1 heterocycles. The van der Waals surface area contributed by atoms with Crippen molar-refractivity contribution in [3.8, 4) is 0 Å². The van der Waals surface area contributed by atoms with Gasteiger partial charge in [-0.25, -0.2) is 13.1 Å². The van der Waals surface area contributed by atoms with E-state index in [9.17, 15) is 13.5 Å². The molecule has 0 aliphatic rings. The molecule has 0 radical (unpaired) electrons. The third kappa shape index (κ3) is 3.93. The summed E-state index contributed by atoms with van der Waals surface area (Å²) in [6.07, 6.45) is -0.389. The van der Waals surface area contributed by atoms with E-state index in [1.807, 2.05) is 30.3 Å². The van der Waals surface area contributed by atoms with Gasteiger partial charge in [-0.2, -0.15) is 0 Å². The number of aryl methyl sites for hydroxylation is 2. The molecule has 5 nitrogen and oxygen atoms in total. The molecule has 0 spiro atoms. The van der Waals surface area contributed by atoms with E-state index in [0.29, 0.717) is 17.9 Å². The van der Waals surface area contributed by atoms with Crippen molar-refractivity contribution < 1.29 is 17.9 Å². The first-order chi connectivity index (χ1) is 9.90. The van der Waals surface area contributed by atoms with Crippen LogP contribution in [-0.4, -0.2) is 20.1 Å². The second-order valence-electron chi connectivity index (χ2n) is 4.89. The van der Waals surface area contributed by atoms with E-state index >= 15 is 0 Å². The fraction of sp³-hybridized carbons (Fsp3) is 0.333. The first kappa shape index (κ1) is 15.8. The minimum absolute atomic E-state index is 0.147. The molecule has 0 amide bonds. The lowest BCUT2D eigenvalue weighted by atomic mass is 10.1. The first-order valence-electron chi connectivity index (χ1n) is 6.70. The van der Waals surface area contributed by atoms with Crippen molar-refractivity contribution in [1.82, 2.24) is 4.72 Å². The van der Waals surface area contributed by atoms with Crippen molar-refractivity contribution in [2.75, 3.05) is 6.54 Å². The van der Waals surface area contributed by atoms with Gasteiger partial charge in [0.05, 0.1) is 6.10 Å². The van der Waals surface area contributed by atoms with Crippen LogP contribution in [0.25, 0.3) is 0 Å². The van der Waals surface area contributed by atoms with E-state index in [-0.39, 0.29) is 11.4 Å². The number of hydrogen-bond acceptors (Lipinski definition) is 4. The Bertz CT molecular complexity index is 692. The van der Waals surface area contributed by atoms with Gasteiger partial charge in [0.2, 0.25) is 10.0 Å². The number of hydrogen-bond donors (Lipinski definition) is 2. The average molecular weight is 309 g/mol. The third-order valence-corrected chi connectivity index (χ3v) is 4.75. The van der Waals surface area contributed by atoms with Crippen molar-refractivity contribution in [2.24, 2.45) is 0 Å². The van der Waals surface area contributed by atoms with Crippen molar-refractivity contribution in [2.45, 2.75) is 31.3 Å². The highest BCUT2D eigenvalue weighted by Crippen LogP contribution is 2.20. The molecule has 0 fully saturated rings. The Morgan fingerprint density at radius 1 is 1.24 bits per heavy atom. The number of sulfonamides is 1. The Balaban J connectivity index is 1.95. The highest BCUT2D eigenvalue weighted by atomic mass is 32.2. The lowest BCUT2D eigenvalue weighted by molar-refractivity contribution is 0.169. The Morgan fingerprint density at radius 2 is 1.90 bits per heavy atom. The number of aliphatic hydroxyl groups excluding tert-OH is 1. The summed E-state index contributed by atoms with van der Waals surface area (Å²) in [6, 6.07) is 10.6. The smallest absolute Gasteiger partial charge is 0.244 e. The van der Waals surface area contributed by atoms with Gasteiger partial charge >= 0.3 is 0 Å². The van der Waals surface area contributed by atoms with Crippen LogP contribution in [0.15, 0.2) is 45.7 Å². The maximum absolute atomic E-state index is 12.1. The van der Waals surface area contributed by atoms with Crippen LogP contribution in [0.5, 0.6) is 0 Å². The topological polar surface area (TPSA) is 79.5 Å². The number of rotatable bonds is 6. The Hall–Kier alpha value is -1.63. The van der Waals surface area contributed by atoms with Crippen LogP contribution in [0.4, 0.5) is 0 Å². The maximum Gasteiger partial charge on any atom is 0.244 e. The van der Waals surface area contributed by atoms with E-state index in [2.05, 4.69) is 4.72 Å². The highest BCUT2D eigenvalue weighted by molar-refractivity contribution is 7.89. The zero-order valence-corrected chi connectivity index (χ0v) is 12.9. The molecule has 0 bridgehead atoms. The number of benzene rings is 1. The van der Waals surface area contributed by atoms with Gasteiger partial charge in [0.1, 0.15) is 16.4 Å². The molecule has 0 saturated carbocycles. The second-order valence-corrected chi connectivity index (χ2v) is 6.63. The molecule has 1 atom stereocenters. The fourth-order valence-electron chi connectivity index (χ4n) is 2.12. The lowest BCUT2D eigenvalue weighted by Gasteiger charge is -2.11. The quantitative estimate of drug-likeness (QED) is 0.858. The van der Waals surface area contributed by atoms with Crippen LogP contribution >= 0.6 is 0 Å². The zero-order valence-electron chi connectivity index (χ0n) is 12.0. The predicted octanol–water partition coefficient (Wildman–Crippen LogP) is 2.30. The van der Waals surface area contributed by atoms with E-state index in [0.717, 1.165) is 5.56 Å². The van der Waals surface area contributed by atoms with Crippen LogP contribution in [0.3, 0.4) is 0 Å². The van der Waals surface area contributed by atoms with Crippen LogP contribution in [0.1, 0.15) is 29.6 Å². The molecule has 114 valence electrons. The van der Waals surface area contributed by atoms with Gasteiger partial charge < -0.3 is 9.52 Å². The predicted molar refractivity (Wildman–Crippen MR) is 79.4 cm³/mol. The summed E-state index contributed by atoms with van der Waals surface area (Å²) < 4.78 is 32.0. The van der Waals surface area contributed by atoms with Crippen LogP contribution in [-0.2, 0) is 10.0 Å². The molecule has 2 aromatic rings. The summed E-state index contributed by atoms with van der Waals surface area (Å²) in [6.45, 7) is 3.47. The summed E-state index contributed by atoms with van der Waals surface area (Å²) >= 11 is 0. The third-order valence-electron chi connectivity index (χ3n) is 3.18. The Morgan fingerprint density at radius 3 is 2.48 bits per heavy atom. The monoisotopic (exact) mass is 309 g/mol. The number of aliphatic hydroxyl groups is 1.